The van der Waals surface area contributed by atoms with Crippen LogP contribution in [0.5, 0.6) is 0 Å². The molecule has 8 heteroatoms. The molecule has 0 aliphatic carbocycles. The Kier molecular flexibility index (Phi) is 4.70. The molecule has 22 heavy (non-hydrogen) atoms. The van der Waals surface area contributed by atoms with Crippen LogP contribution in [0.15, 0.2) is 22.6 Å². The van der Waals surface area contributed by atoms with Crippen molar-refractivity contribution in [3.63, 3.8) is 0 Å². The average Bonchev–Trinajstić information content (AvgIpc) is 3.12. The summed E-state index contributed by atoms with van der Waals surface area (Å²) in [5.41, 5.74) is 5.63. The molecule has 0 aliphatic heterocycles. The third-order valence-electron chi connectivity index (χ3n) is 3.36. The first kappa shape index (κ1) is 15.4. The van der Waals surface area contributed by atoms with Gasteiger partial charge in [-0.25, -0.2) is 9.97 Å². The Labute approximate surface area is 137 Å². The van der Waals surface area contributed by atoms with E-state index < -0.39 is 0 Å². The van der Waals surface area contributed by atoms with Crippen LogP contribution in [0.4, 0.5) is 0 Å². The molecule has 3 rings (SSSR count). The van der Waals surface area contributed by atoms with E-state index in [-0.39, 0.29) is 0 Å². The van der Waals surface area contributed by atoms with Crippen molar-refractivity contribution in [3.8, 4) is 0 Å². The number of rotatable bonds is 6. The van der Waals surface area contributed by atoms with Gasteiger partial charge in [0.15, 0.2) is 5.16 Å². The third-order valence-corrected chi connectivity index (χ3v) is 5.55. The van der Waals surface area contributed by atoms with Crippen LogP contribution in [0.25, 0.3) is 10.2 Å². The van der Waals surface area contributed by atoms with E-state index in [0.717, 1.165) is 45.6 Å². The van der Waals surface area contributed by atoms with Crippen LogP contribution in [0, 0.1) is 0 Å². The van der Waals surface area contributed by atoms with Crippen molar-refractivity contribution in [2.24, 2.45) is 5.73 Å². The first-order chi connectivity index (χ1) is 10.8. The highest BCUT2D eigenvalue weighted by Crippen LogP contribution is 2.34. The number of thiophene rings is 1. The summed E-state index contributed by atoms with van der Waals surface area (Å²) in [6.45, 7) is 5.63. The van der Waals surface area contributed by atoms with Crippen LogP contribution in [0.2, 0.25) is 0 Å². The fraction of sp³-hybridized carbons (Fsp3) is 0.429. The highest BCUT2D eigenvalue weighted by molar-refractivity contribution is 7.99. The van der Waals surface area contributed by atoms with Gasteiger partial charge >= 0.3 is 0 Å². The van der Waals surface area contributed by atoms with Crippen molar-refractivity contribution >= 4 is 33.3 Å². The second-order valence-electron chi connectivity index (χ2n) is 4.75. The molecule has 3 aromatic rings. The van der Waals surface area contributed by atoms with E-state index in [0.29, 0.717) is 6.54 Å². The Morgan fingerprint density at radius 3 is 2.86 bits per heavy atom. The molecule has 0 aliphatic rings. The number of nitrogens with two attached hydrogens (primary N) is 1. The van der Waals surface area contributed by atoms with Crippen LogP contribution in [-0.4, -0.2) is 31.3 Å². The van der Waals surface area contributed by atoms with Gasteiger partial charge in [-0.05, 0) is 37.7 Å². The van der Waals surface area contributed by atoms with Crippen molar-refractivity contribution in [3.05, 3.63) is 23.1 Å². The lowest BCUT2D eigenvalue weighted by Gasteiger charge is -2.06. The first-order valence-electron chi connectivity index (χ1n) is 7.30. The van der Waals surface area contributed by atoms with Gasteiger partial charge in [-0.2, -0.15) is 0 Å². The maximum Gasteiger partial charge on any atom is 0.197 e. The van der Waals surface area contributed by atoms with Crippen molar-refractivity contribution in [1.82, 2.24) is 24.7 Å². The molecule has 0 bridgehead atoms. The molecule has 0 saturated carbocycles. The minimum Gasteiger partial charge on any atom is -0.330 e. The molecule has 0 saturated heterocycles. The van der Waals surface area contributed by atoms with E-state index in [2.05, 4.69) is 44.6 Å². The van der Waals surface area contributed by atoms with E-state index in [1.807, 2.05) is 0 Å². The topological polar surface area (TPSA) is 82.5 Å². The van der Waals surface area contributed by atoms with Crippen LogP contribution in [-0.2, 0) is 19.4 Å². The van der Waals surface area contributed by atoms with Gasteiger partial charge < -0.3 is 10.3 Å². The lowest BCUT2D eigenvalue weighted by Crippen LogP contribution is -2.09. The van der Waals surface area contributed by atoms with Crippen molar-refractivity contribution in [1.29, 1.82) is 0 Å². The average molecular weight is 334 g/mol. The van der Waals surface area contributed by atoms with Crippen LogP contribution < -0.4 is 5.73 Å². The summed E-state index contributed by atoms with van der Waals surface area (Å²) < 4.78 is 2.10. The maximum absolute atomic E-state index is 5.63. The Morgan fingerprint density at radius 1 is 1.27 bits per heavy atom. The standard InChI is InChI=1S/C14H18N6S2/c1-3-9-7-10-12(21-9)16-8-17-13(10)22-14-19-18-11(5-6-15)20(14)4-2/h7-8H,3-6,15H2,1-2H3. The van der Waals surface area contributed by atoms with Gasteiger partial charge in [0, 0.05) is 23.2 Å². The molecule has 3 aromatic heterocycles. The molecule has 0 fully saturated rings. The maximum atomic E-state index is 5.63. The van der Waals surface area contributed by atoms with Gasteiger partial charge in [-0.3, -0.25) is 0 Å². The molecule has 0 aromatic carbocycles. The zero-order valence-corrected chi connectivity index (χ0v) is 14.2. The molecule has 0 amide bonds. The normalized spacial score (nSPS) is 11.4. The number of aromatic nitrogens is 5. The lowest BCUT2D eigenvalue weighted by molar-refractivity contribution is 0.640. The molecule has 0 atom stereocenters. The molecular formula is C14H18N6S2. The van der Waals surface area contributed by atoms with E-state index in [1.54, 1.807) is 29.4 Å². The Balaban J connectivity index is 1.98. The molecule has 2 N–H and O–H groups in total. The van der Waals surface area contributed by atoms with Crippen molar-refractivity contribution in [2.45, 2.75) is 43.4 Å². The predicted molar refractivity (Wildman–Crippen MR) is 89.4 cm³/mol. The van der Waals surface area contributed by atoms with Crippen LogP contribution in [0.3, 0.4) is 0 Å². The summed E-state index contributed by atoms with van der Waals surface area (Å²) >= 11 is 3.26. The van der Waals surface area contributed by atoms with E-state index in [4.69, 9.17) is 5.73 Å². The van der Waals surface area contributed by atoms with Gasteiger partial charge in [0.05, 0.1) is 0 Å². The zero-order chi connectivity index (χ0) is 15.5. The summed E-state index contributed by atoms with van der Waals surface area (Å²) in [7, 11) is 0. The van der Waals surface area contributed by atoms with Gasteiger partial charge in [0.2, 0.25) is 0 Å². The fourth-order valence-electron chi connectivity index (χ4n) is 2.25. The summed E-state index contributed by atoms with van der Waals surface area (Å²) in [5, 5.41) is 11.4. The quantitative estimate of drug-likeness (QED) is 0.698. The number of aryl methyl sites for hydroxylation is 1. The second-order valence-corrected chi connectivity index (χ2v) is 6.82. The van der Waals surface area contributed by atoms with E-state index in [1.165, 1.54) is 4.88 Å². The Morgan fingerprint density at radius 2 is 2.14 bits per heavy atom. The van der Waals surface area contributed by atoms with Gasteiger partial charge in [0.1, 0.15) is 22.0 Å². The molecule has 6 nitrogen and oxygen atoms in total. The molecular weight excluding hydrogens is 316 g/mol. The van der Waals surface area contributed by atoms with E-state index in [9.17, 15) is 0 Å². The minimum absolute atomic E-state index is 0.574. The van der Waals surface area contributed by atoms with Gasteiger partial charge in [-0.1, -0.05) is 6.92 Å². The summed E-state index contributed by atoms with van der Waals surface area (Å²) in [6, 6.07) is 2.18. The first-order valence-corrected chi connectivity index (χ1v) is 8.93. The Hall–Kier alpha value is -1.51. The highest BCUT2D eigenvalue weighted by atomic mass is 32.2. The zero-order valence-electron chi connectivity index (χ0n) is 12.6. The highest BCUT2D eigenvalue weighted by Gasteiger charge is 2.15. The largest absolute Gasteiger partial charge is 0.330 e. The molecule has 0 radical (unpaired) electrons. The van der Waals surface area contributed by atoms with Gasteiger partial charge in [-0.15, -0.1) is 21.5 Å². The number of hydrogen-bond acceptors (Lipinski definition) is 7. The van der Waals surface area contributed by atoms with Crippen molar-refractivity contribution in [2.75, 3.05) is 6.54 Å². The molecule has 3 heterocycles. The molecule has 0 spiro atoms. The predicted octanol–water partition coefficient (Wildman–Crippen LogP) is 2.52. The van der Waals surface area contributed by atoms with Crippen molar-refractivity contribution < 1.29 is 0 Å². The number of nitrogens with zero attached hydrogens (tertiary/aromatic N) is 5. The number of fused-ring (bicyclic) bond motifs is 1. The molecule has 0 unspecified atom stereocenters. The summed E-state index contributed by atoms with van der Waals surface area (Å²) in [5.74, 6) is 0.928. The summed E-state index contributed by atoms with van der Waals surface area (Å²) in [4.78, 5) is 11.1. The van der Waals surface area contributed by atoms with Crippen LogP contribution in [0.1, 0.15) is 24.5 Å². The van der Waals surface area contributed by atoms with Crippen LogP contribution >= 0.6 is 23.1 Å². The third kappa shape index (κ3) is 2.86. The molecule has 116 valence electrons. The SMILES string of the molecule is CCc1cc2c(Sc3nnc(CCN)n3CC)ncnc2s1. The number of hydrogen-bond donors (Lipinski definition) is 1. The van der Waals surface area contributed by atoms with Gasteiger partial charge in [0.25, 0.3) is 0 Å². The monoisotopic (exact) mass is 334 g/mol. The lowest BCUT2D eigenvalue weighted by atomic mass is 10.3. The fourth-order valence-corrected chi connectivity index (χ4v) is 4.22. The smallest absolute Gasteiger partial charge is 0.197 e. The minimum atomic E-state index is 0.574. The van der Waals surface area contributed by atoms with E-state index >= 15 is 0 Å². The summed E-state index contributed by atoms with van der Waals surface area (Å²) in [6.07, 6.45) is 3.37. The Bertz CT molecular complexity index is 779. The second kappa shape index (κ2) is 6.72.